The molecular formula is C11H20N2OS. The van der Waals surface area contributed by atoms with E-state index in [1.165, 1.54) is 17.9 Å². The third-order valence-electron chi connectivity index (χ3n) is 3.35. The first-order chi connectivity index (χ1) is 7.25. The summed E-state index contributed by atoms with van der Waals surface area (Å²) in [5, 5.41) is 3.61. The van der Waals surface area contributed by atoms with Gasteiger partial charge in [-0.2, -0.15) is 11.8 Å². The van der Waals surface area contributed by atoms with Crippen LogP contribution in [0.3, 0.4) is 0 Å². The van der Waals surface area contributed by atoms with Crippen molar-refractivity contribution in [3.63, 3.8) is 0 Å². The van der Waals surface area contributed by atoms with Crippen LogP contribution in [-0.4, -0.2) is 48.5 Å². The molecule has 1 amide bonds. The van der Waals surface area contributed by atoms with Gasteiger partial charge in [-0.05, 0) is 36.8 Å². The largest absolute Gasteiger partial charge is 0.344 e. The van der Waals surface area contributed by atoms with Gasteiger partial charge in [-0.25, -0.2) is 0 Å². The van der Waals surface area contributed by atoms with Crippen molar-refractivity contribution in [2.24, 2.45) is 5.92 Å². The van der Waals surface area contributed by atoms with Gasteiger partial charge in [0.15, 0.2) is 0 Å². The fraction of sp³-hybridized carbons (Fsp3) is 0.909. The highest BCUT2D eigenvalue weighted by Crippen LogP contribution is 2.23. The van der Waals surface area contributed by atoms with E-state index in [0.29, 0.717) is 18.4 Å². The summed E-state index contributed by atoms with van der Waals surface area (Å²) in [7, 11) is 1.90. The van der Waals surface area contributed by atoms with Gasteiger partial charge in [0, 0.05) is 26.1 Å². The number of nitrogens with zero attached hydrogens (tertiary/aromatic N) is 1. The number of rotatable bonds is 3. The van der Waals surface area contributed by atoms with Crippen molar-refractivity contribution < 1.29 is 4.79 Å². The second kappa shape index (κ2) is 5.21. The summed E-state index contributed by atoms with van der Waals surface area (Å²) in [5.74, 6) is 3.80. The molecule has 2 fully saturated rings. The van der Waals surface area contributed by atoms with E-state index in [4.69, 9.17) is 0 Å². The highest BCUT2D eigenvalue weighted by Gasteiger charge is 2.23. The fourth-order valence-corrected chi connectivity index (χ4v) is 3.54. The molecule has 2 aliphatic rings. The van der Waals surface area contributed by atoms with E-state index in [9.17, 15) is 4.79 Å². The molecule has 0 spiro atoms. The van der Waals surface area contributed by atoms with E-state index in [-0.39, 0.29) is 0 Å². The number of carbonyl (C=O) groups excluding carboxylic acids is 1. The van der Waals surface area contributed by atoms with Crippen LogP contribution < -0.4 is 5.32 Å². The molecule has 2 aliphatic heterocycles. The Hall–Kier alpha value is -0.220. The van der Waals surface area contributed by atoms with Crippen molar-refractivity contribution in [1.29, 1.82) is 0 Å². The number of hydrogen-bond acceptors (Lipinski definition) is 3. The van der Waals surface area contributed by atoms with Crippen LogP contribution in [0.2, 0.25) is 0 Å². The SMILES string of the molecule is CN1CC(NCC2CCSC2)CCC1=O. The summed E-state index contributed by atoms with van der Waals surface area (Å²) < 4.78 is 0. The first-order valence-corrected chi connectivity index (χ1v) is 6.96. The zero-order chi connectivity index (χ0) is 10.7. The maximum Gasteiger partial charge on any atom is 0.222 e. The molecule has 0 radical (unpaired) electrons. The van der Waals surface area contributed by atoms with Gasteiger partial charge < -0.3 is 10.2 Å². The average Bonchev–Trinajstić information content (AvgIpc) is 2.73. The van der Waals surface area contributed by atoms with Crippen molar-refractivity contribution >= 4 is 17.7 Å². The lowest BCUT2D eigenvalue weighted by Gasteiger charge is -2.31. The summed E-state index contributed by atoms with van der Waals surface area (Å²) in [6.07, 6.45) is 3.09. The Morgan fingerprint density at radius 3 is 3.07 bits per heavy atom. The minimum atomic E-state index is 0.296. The van der Waals surface area contributed by atoms with Gasteiger partial charge >= 0.3 is 0 Å². The zero-order valence-corrected chi connectivity index (χ0v) is 10.2. The number of amides is 1. The fourth-order valence-electron chi connectivity index (χ4n) is 2.26. The van der Waals surface area contributed by atoms with Crippen LogP contribution in [0.5, 0.6) is 0 Å². The van der Waals surface area contributed by atoms with Crippen LogP contribution in [-0.2, 0) is 4.79 Å². The summed E-state index contributed by atoms with van der Waals surface area (Å²) in [6.45, 7) is 2.03. The predicted octanol–water partition coefficient (Wildman–Crippen LogP) is 0.950. The van der Waals surface area contributed by atoms with E-state index in [2.05, 4.69) is 17.1 Å². The second-order valence-corrected chi connectivity index (χ2v) is 5.80. The summed E-state index contributed by atoms with van der Waals surface area (Å²) in [5.41, 5.74) is 0. The summed E-state index contributed by atoms with van der Waals surface area (Å²) in [6, 6.07) is 0.526. The Kier molecular flexibility index (Phi) is 3.92. The van der Waals surface area contributed by atoms with Crippen LogP contribution in [0.15, 0.2) is 0 Å². The second-order valence-electron chi connectivity index (χ2n) is 4.65. The molecule has 3 nitrogen and oxygen atoms in total. The molecule has 0 aromatic heterocycles. The molecule has 2 heterocycles. The molecule has 1 N–H and O–H groups in total. The molecule has 2 atom stereocenters. The Morgan fingerprint density at radius 2 is 2.40 bits per heavy atom. The maximum absolute atomic E-state index is 11.3. The summed E-state index contributed by atoms with van der Waals surface area (Å²) >= 11 is 2.07. The Morgan fingerprint density at radius 1 is 1.53 bits per heavy atom. The monoisotopic (exact) mass is 228 g/mol. The highest BCUT2D eigenvalue weighted by molar-refractivity contribution is 7.99. The maximum atomic E-state index is 11.3. The van der Waals surface area contributed by atoms with Crippen LogP contribution in [0.25, 0.3) is 0 Å². The van der Waals surface area contributed by atoms with Gasteiger partial charge in [-0.15, -0.1) is 0 Å². The molecular weight excluding hydrogens is 208 g/mol. The van der Waals surface area contributed by atoms with Crippen molar-refractivity contribution in [2.45, 2.75) is 25.3 Å². The first-order valence-electron chi connectivity index (χ1n) is 5.81. The van der Waals surface area contributed by atoms with Gasteiger partial charge in [0.2, 0.25) is 5.91 Å². The Balaban J connectivity index is 1.68. The van der Waals surface area contributed by atoms with E-state index < -0.39 is 0 Å². The number of hydrogen-bond donors (Lipinski definition) is 1. The van der Waals surface area contributed by atoms with E-state index in [0.717, 1.165) is 25.4 Å². The third-order valence-corrected chi connectivity index (χ3v) is 4.58. The molecule has 0 saturated carbocycles. The molecule has 15 heavy (non-hydrogen) atoms. The van der Waals surface area contributed by atoms with Crippen LogP contribution >= 0.6 is 11.8 Å². The Labute approximate surface area is 96.0 Å². The normalized spacial score (nSPS) is 32.3. The molecule has 0 bridgehead atoms. The lowest BCUT2D eigenvalue weighted by molar-refractivity contribution is -0.132. The van der Waals surface area contributed by atoms with Gasteiger partial charge in [0.1, 0.15) is 0 Å². The van der Waals surface area contributed by atoms with E-state index in [1.54, 1.807) is 0 Å². The zero-order valence-electron chi connectivity index (χ0n) is 9.37. The molecule has 2 unspecified atom stereocenters. The lowest BCUT2D eigenvalue weighted by Crippen LogP contribution is -2.47. The lowest BCUT2D eigenvalue weighted by atomic mass is 10.0. The standard InChI is InChI=1S/C11H20N2OS/c1-13-7-10(2-3-11(13)14)12-6-9-4-5-15-8-9/h9-10,12H,2-8H2,1H3. The van der Waals surface area contributed by atoms with Crippen molar-refractivity contribution in [3.05, 3.63) is 0 Å². The highest BCUT2D eigenvalue weighted by atomic mass is 32.2. The topological polar surface area (TPSA) is 32.3 Å². The van der Waals surface area contributed by atoms with Crippen molar-refractivity contribution in [3.8, 4) is 0 Å². The number of piperidine rings is 1. The third kappa shape index (κ3) is 3.11. The number of likely N-dealkylation sites (tertiary alicyclic amines) is 1. The number of thioether (sulfide) groups is 1. The number of nitrogens with one attached hydrogen (secondary N) is 1. The van der Waals surface area contributed by atoms with Gasteiger partial charge in [-0.1, -0.05) is 0 Å². The van der Waals surface area contributed by atoms with E-state index >= 15 is 0 Å². The predicted molar refractivity (Wildman–Crippen MR) is 64.1 cm³/mol. The quantitative estimate of drug-likeness (QED) is 0.780. The van der Waals surface area contributed by atoms with Gasteiger partial charge in [0.25, 0.3) is 0 Å². The van der Waals surface area contributed by atoms with Crippen LogP contribution in [0, 0.1) is 5.92 Å². The van der Waals surface area contributed by atoms with E-state index in [1.807, 2.05) is 11.9 Å². The first kappa shape index (κ1) is 11.3. The van der Waals surface area contributed by atoms with Gasteiger partial charge in [-0.3, -0.25) is 4.79 Å². The number of carbonyl (C=O) groups is 1. The molecule has 0 aromatic carbocycles. The molecule has 86 valence electrons. The van der Waals surface area contributed by atoms with Crippen molar-refractivity contribution in [1.82, 2.24) is 10.2 Å². The van der Waals surface area contributed by atoms with Gasteiger partial charge in [0.05, 0.1) is 0 Å². The van der Waals surface area contributed by atoms with Crippen LogP contribution in [0.1, 0.15) is 19.3 Å². The molecule has 2 saturated heterocycles. The molecule has 4 heteroatoms. The number of likely N-dealkylation sites (N-methyl/N-ethyl adjacent to an activating group) is 1. The summed E-state index contributed by atoms with van der Waals surface area (Å²) in [4.78, 5) is 13.1. The molecule has 0 aromatic rings. The molecule has 2 rings (SSSR count). The Bertz CT molecular complexity index is 229. The molecule has 0 aliphatic carbocycles. The smallest absolute Gasteiger partial charge is 0.222 e. The minimum absolute atomic E-state index is 0.296. The van der Waals surface area contributed by atoms with Crippen molar-refractivity contribution in [2.75, 3.05) is 31.6 Å². The van der Waals surface area contributed by atoms with Crippen LogP contribution in [0.4, 0.5) is 0 Å². The minimum Gasteiger partial charge on any atom is -0.344 e. The average molecular weight is 228 g/mol.